The van der Waals surface area contributed by atoms with Gasteiger partial charge in [0, 0.05) is 11.5 Å². The van der Waals surface area contributed by atoms with Crippen molar-refractivity contribution in [2.45, 2.75) is 52.4 Å². The molecule has 1 aromatic rings. The molecule has 1 unspecified atom stereocenters. The standard InChI is InChI=1S/C19H26O/c1-5-6-15-8-10-17(19(20)12-15)18-11-14(4)7-9-16(18)13(2)3/h8,10-12,16,18,20H,2,5-7,9H2,1,3-4H3/t16-,18?/m0/s1. The summed E-state index contributed by atoms with van der Waals surface area (Å²) in [6.45, 7) is 10.6. The molecule has 0 saturated heterocycles. The fourth-order valence-corrected chi connectivity index (χ4v) is 3.24. The van der Waals surface area contributed by atoms with Crippen LogP contribution in [0.25, 0.3) is 0 Å². The van der Waals surface area contributed by atoms with E-state index in [1.807, 2.05) is 6.07 Å². The van der Waals surface area contributed by atoms with Crippen molar-refractivity contribution in [1.29, 1.82) is 0 Å². The maximum atomic E-state index is 10.4. The first-order valence-corrected chi connectivity index (χ1v) is 7.67. The maximum absolute atomic E-state index is 10.4. The van der Waals surface area contributed by atoms with Gasteiger partial charge in [0.25, 0.3) is 0 Å². The zero-order valence-corrected chi connectivity index (χ0v) is 12.9. The SMILES string of the molecule is C=C(C)[C@@H]1CCC(C)=CC1c1ccc(CCC)cc1O. The molecule has 108 valence electrons. The van der Waals surface area contributed by atoms with E-state index in [2.05, 4.69) is 45.6 Å². The lowest BCUT2D eigenvalue weighted by molar-refractivity contribution is 0.436. The van der Waals surface area contributed by atoms with Crippen molar-refractivity contribution in [3.05, 3.63) is 53.1 Å². The second-order valence-electron chi connectivity index (χ2n) is 6.17. The van der Waals surface area contributed by atoms with Crippen LogP contribution in [0.5, 0.6) is 5.75 Å². The summed E-state index contributed by atoms with van der Waals surface area (Å²) in [6, 6.07) is 6.20. The highest BCUT2D eigenvalue weighted by Gasteiger charge is 2.27. The molecule has 0 fully saturated rings. The quantitative estimate of drug-likeness (QED) is 0.730. The van der Waals surface area contributed by atoms with Gasteiger partial charge in [-0.25, -0.2) is 0 Å². The van der Waals surface area contributed by atoms with E-state index >= 15 is 0 Å². The van der Waals surface area contributed by atoms with Crippen molar-refractivity contribution in [2.24, 2.45) is 5.92 Å². The first-order valence-electron chi connectivity index (χ1n) is 7.67. The third-order valence-corrected chi connectivity index (χ3v) is 4.37. The minimum Gasteiger partial charge on any atom is -0.508 e. The van der Waals surface area contributed by atoms with Crippen molar-refractivity contribution >= 4 is 0 Å². The lowest BCUT2D eigenvalue weighted by Gasteiger charge is -2.31. The molecule has 0 amide bonds. The van der Waals surface area contributed by atoms with Crippen LogP contribution >= 0.6 is 0 Å². The Hall–Kier alpha value is -1.50. The Kier molecular flexibility index (Phi) is 4.69. The van der Waals surface area contributed by atoms with E-state index in [4.69, 9.17) is 0 Å². The molecule has 0 spiro atoms. The van der Waals surface area contributed by atoms with Crippen LogP contribution < -0.4 is 0 Å². The molecular formula is C19H26O. The van der Waals surface area contributed by atoms with Crippen LogP contribution in [0.15, 0.2) is 42.0 Å². The number of phenols is 1. The molecule has 20 heavy (non-hydrogen) atoms. The average molecular weight is 270 g/mol. The van der Waals surface area contributed by atoms with Gasteiger partial charge in [0.05, 0.1) is 0 Å². The summed E-state index contributed by atoms with van der Waals surface area (Å²) < 4.78 is 0. The number of hydrogen-bond donors (Lipinski definition) is 1. The van der Waals surface area contributed by atoms with Crippen molar-refractivity contribution in [3.63, 3.8) is 0 Å². The average Bonchev–Trinajstić information content (AvgIpc) is 2.38. The molecule has 0 saturated carbocycles. The molecule has 0 aromatic heterocycles. The highest BCUT2D eigenvalue weighted by molar-refractivity contribution is 5.43. The van der Waals surface area contributed by atoms with E-state index in [0.717, 1.165) is 31.2 Å². The van der Waals surface area contributed by atoms with Gasteiger partial charge < -0.3 is 5.11 Å². The zero-order valence-electron chi connectivity index (χ0n) is 12.9. The Balaban J connectivity index is 2.37. The number of hydrogen-bond acceptors (Lipinski definition) is 1. The number of allylic oxidation sites excluding steroid dienone is 3. The van der Waals surface area contributed by atoms with Crippen LogP contribution in [0.4, 0.5) is 0 Å². The summed E-state index contributed by atoms with van der Waals surface area (Å²) in [7, 11) is 0. The number of rotatable bonds is 4. The molecule has 1 aromatic carbocycles. The Morgan fingerprint density at radius 3 is 2.75 bits per heavy atom. The van der Waals surface area contributed by atoms with E-state index in [1.165, 1.54) is 16.7 Å². The summed E-state index contributed by atoms with van der Waals surface area (Å²) >= 11 is 0. The smallest absolute Gasteiger partial charge is 0.119 e. The van der Waals surface area contributed by atoms with E-state index in [0.29, 0.717) is 11.7 Å². The molecule has 0 radical (unpaired) electrons. The van der Waals surface area contributed by atoms with E-state index in [9.17, 15) is 5.11 Å². The van der Waals surface area contributed by atoms with Gasteiger partial charge in [-0.05, 0) is 50.7 Å². The van der Waals surface area contributed by atoms with Crippen LogP contribution in [0, 0.1) is 5.92 Å². The fraction of sp³-hybridized carbons (Fsp3) is 0.474. The lowest BCUT2D eigenvalue weighted by atomic mass is 9.74. The van der Waals surface area contributed by atoms with E-state index < -0.39 is 0 Å². The fourth-order valence-electron chi connectivity index (χ4n) is 3.24. The number of aromatic hydroxyl groups is 1. The summed E-state index contributed by atoms with van der Waals surface area (Å²) in [5.41, 5.74) is 4.91. The number of phenolic OH excluding ortho intramolecular Hbond substituents is 1. The third-order valence-electron chi connectivity index (χ3n) is 4.37. The van der Waals surface area contributed by atoms with Gasteiger partial charge in [-0.3, -0.25) is 0 Å². The monoisotopic (exact) mass is 270 g/mol. The molecule has 0 aliphatic heterocycles. The molecule has 2 rings (SSSR count). The number of benzene rings is 1. The van der Waals surface area contributed by atoms with Crippen molar-refractivity contribution in [3.8, 4) is 5.75 Å². The van der Waals surface area contributed by atoms with E-state index in [1.54, 1.807) is 0 Å². The van der Waals surface area contributed by atoms with Crippen molar-refractivity contribution in [1.82, 2.24) is 0 Å². The van der Waals surface area contributed by atoms with E-state index in [-0.39, 0.29) is 5.92 Å². The zero-order chi connectivity index (χ0) is 14.7. The lowest BCUT2D eigenvalue weighted by Crippen LogP contribution is -2.17. The van der Waals surface area contributed by atoms with Crippen LogP contribution in [-0.4, -0.2) is 5.11 Å². The Bertz CT molecular complexity index is 525. The second-order valence-corrected chi connectivity index (χ2v) is 6.17. The van der Waals surface area contributed by atoms with Gasteiger partial charge >= 0.3 is 0 Å². The molecule has 0 bridgehead atoms. The van der Waals surface area contributed by atoms with Gasteiger partial charge in [-0.15, -0.1) is 0 Å². The summed E-state index contributed by atoms with van der Waals surface area (Å²) in [5, 5.41) is 10.4. The van der Waals surface area contributed by atoms with Crippen molar-refractivity contribution < 1.29 is 5.11 Å². The molecular weight excluding hydrogens is 244 g/mol. The molecule has 1 nitrogen and oxygen atoms in total. The molecule has 1 aliphatic rings. The van der Waals surface area contributed by atoms with Crippen LogP contribution in [0.1, 0.15) is 57.1 Å². The minimum absolute atomic E-state index is 0.275. The predicted octanol–water partition coefficient (Wildman–Crippen LogP) is 5.36. The van der Waals surface area contributed by atoms with Gasteiger partial charge in [0.2, 0.25) is 0 Å². The largest absolute Gasteiger partial charge is 0.508 e. The summed E-state index contributed by atoms with van der Waals surface area (Å²) in [4.78, 5) is 0. The van der Waals surface area contributed by atoms with Crippen LogP contribution in [0.3, 0.4) is 0 Å². The number of aryl methyl sites for hydroxylation is 1. The first-order chi connectivity index (χ1) is 9.52. The highest BCUT2D eigenvalue weighted by Crippen LogP contribution is 2.42. The van der Waals surface area contributed by atoms with Gasteiger partial charge in [-0.1, -0.05) is 49.3 Å². The second kappa shape index (κ2) is 6.30. The highest BCUT2D eigenvalue weighted by atomic mass is 16.3. The predicted molar refractivity (Wildman–Crippen MR) is 86.1 cm³/mol. The maximum Gasteiger partial charge on any atom is 0.119 e. The Morgan fingerprint density at radius 1 is 1.40 bits per heavy atom. The summed E-state index contributed by atoms with van der Waals surface area (Å²) in [6.07, 6.45) is 6.73. The normalized spacial score (nSPS) is 22.4. The van der Waals surface area contributed by atoms with Crippen LogP contribution in [0.2, 0.25) is 0 Å². The van der Waals surface area contributed by atoms with Gasteiger partial charge in [0.15, 0.2) is 0 Å². The topological polar surface area (TPSA) is 20.2 Å². The Morgan fingerprint density at radius 2 is 2.15 bits per heavy atom. The minimum atomic E-state index is 0.275. The first kappa shape index (κ1) is 14.9. The third kappa shape index (κ3) is 3.15. The van der Waals surface area contributed by atoms with Crippen molar-refractivity contribution in [2.75, 3.05) is 0 Å². The Labute approximate surface area is 123 Å². The van der Waals surface area contributed by atoms with Crippen LogP contribution in [-0.2, 0) is 6.42 Å². The molecule has 1 heteroatoms. The molecule has 1 aliphatic carbocycles. The molecule has 1 N–H and O–H groups in total. The summed E-state index contributed by atoms with van der Waals surface area (Å²) in [5.74, 6) is 1.16. The molecule has 0 heterocycles. The molecule has 2 atom stereocenters. The van der Waals surface area contributed by atoms with Gasteiger partial charge in [0.1, 0.15) is 5.75 Å². The van der Waals surface area contributed by atoms with Gasteiger partial charge in [-0.2, -0.15) is 0 Å².